The van der Waals surface area contributed by atoms with Gasteiger partial charge in [0.15, 0.2) is 0 Å². The van der Waals surface area contributed by atoms with Crippen LogP contribution in [-0.4, -0.2) is 36.4 Å². The topological polar surface area (TPSA) is 105 Å². The Morgan fingerprint density at radius 1 is 1.07 bits per heavy atom. The number of rotatable bonds is 7. The lowest BCUT2D eigenvalue weighted by atomic mass is 10.1. The predicted octanol–water partition coefficient (Wildman–Crippen LogP) is 2.95. The summed E-state index contributed by atoms with van der Waals surface area (Å²) in [7, 11) is 0. The van der Waals surface area contributed by atoms with Crippen LogP contribution in [0.1, 0.15) is 29.6 Å². The number of hydrogen-bond acceptors (Lipinski definition) is 5. The number of nitro groups is 1. The molecule has 2 N–H and O–H groups in total. The molecule has 0 spiro atoms. The minimum absolute atomic E-state index is 0.00308. The van der Waals surface area contributed by atoms with Crippen LogP contribution in [-0.2, 0) is 4.79 Å². The van der Waals surface area contributed by atoms with Gasteiger partial charge in [0.1, 0.15) is 5.69 Å². The average molecular weight is 382 g/mol. The molecule has 1 heterocycles. The molecule has 0 aliphatic carbocycles. The molecule has 28 heavy (non-hydrogen) atoms. The number of carbonyl (C=O) groups is 2. The Morgan fingerprint density at radius 3 is 2.54 bits per heavy atom. The highest BCUT2D eigenvalue weighted by atomic mass is 16.6. The highest BCUT2D eigenvalue weighted by molar-refractivity contribution is 5.96. The second kappa shape index (κ2) is 8.98. The van der Waals surface area contributed by atoms with Crippen molar-refractivity contribution in [1.29, 1.82) is 0 Å². The van der Waals surface area contributed by atoms with Gasteiger partial charge in [-0.1, -0.05) is 12.1 Å². The van der Waals surface area contributed by atoms with Gasteiger partial charge in [-0.15, -0.1) is 0 Å². The monoisotopic (exact) mass is 382 g/mol. The normalized spacial score (nSPS) is 13.9. The fraction of sp³-hybridized carbons (Fsp3) is 0.300. The van der Waals surface area contributed by atoms with E-state index in [1.165, 1.54) is 6.07 Å². The van der Waals surface area contributed by atoms with Crippen molar-refractivity contribution in [2.24, 2.45) is 0 Å². The van der Waals surface area contributed by atoms with Crippen LogP contribution in [0, 0.1) is 10.1 Å². The lowest BCUT2D eigenvalue weighted by Gasteiger charge is -2.26. The zero-order valence-electron chi connectivity index (χ0n) is 15.4. The van der Waals surface area contributed by atoms with Crippen molar-refractivity contribution in [3.8, 4) is 0 Å². The van der Waals surface area contributed by atoms with E-state index >= 15 is 0 Å². The van der Waals surface area contributed by atoms with Gasteiger partial charge in [0.05, 0.1) is 4.92 Å². The molecule has 3 rings (SSSR count). The second-order valence-corrected chi connectivity index (χ2v) is 6.51. The second-order valence-electron chi connectivity index (χ2n) is 6.51. The molecule has 0 saturated carbocycles. The number of carbonyl (C=O) groups excluding carboxylic acids is 2. The first kappa shape index (κ1) is 19.3. The van der Waals surface area contributed by atoms with Gasteiger partial charge < -0.3 is 15.5 Å². The van der Waals surface area contributed by atoms with E-state index in [1.54, 1.807) is 47.4 Å². The summed E-state index contributed by atoms with van der Waals surface area (Å²) < 4.78 is 0. The molecule has 0 bridgehead atoms. The van der Waals surface area contributed by atoms with Crippen molar-refractivity contribution in [3.63, 3.8) is 0 Å². The summed E-state index contributed by atoms with van der Waals surface area (Å²) in [5, 5.41) is 16.7. The van der Waals surface area contributed by atoms with Crippen LogP contribution < -0.4 is 15.5 Å². The van der Waals surface area contributed by atoms with Crippen LogP contribution in [0.2, 0.25) is 0 Å². The van der Waals surface area contributed by atoms with E-state index in [0.717, 1.165) is 18.5 Å². The molecule has 8 nitrogen and oxygen atoms in total. The van der Waals surface area contributed by atoms with Gasteiger partial charge in [-0.25, -0.2) is 0 Å². The van der Waals surface area contributed by atoms with Gasteiger partial charge in [-0.05, 0) is 43.2 Å². The Kier molecular flexibility index (Phi) is 6.21. The molecule has 1 aliphatic rings. The third kappa shape index (κ3) is 4.64. The molecule has 2 aromatic rings. The summed E-state index contributed by atoms with van der Waals surface area (Å²) in [5.74, 6) is -0.120. The van der Waals surface area contributed by atoms with E-state index in [9.17, 15) is 19.7 Å². The molecule has 2 amide bonds. The van der Waals surface area contributed by atoms with Crippen molar-refractivity contribution in [2.45, 2.75) is 19.3 Å². The number of piperidine rings is 1. The van der Waals surface area contributed by atoms with E-state index in [-0.39, 0.29) is 17.5 Å². The molecule has 1 fully saturated rings. The predicted molar refractivity (Wildman–Crippen MR) is 107 cm³/mol. The Bertz CT molecular complexity index is 867. The number of nitro benzene ring substituents is 1. The number of benzene rings is 2. The van der Waals surface area contributed by atoms with Gasteiger partial charge in [0, 0.05) is 43.4 Å². The molecule has 0 unspecified atom stereocenters. The zero-order chi connectivity index (χ0) is 19.9. The molecular formula is C20H22N4O4. The zero-order valence-corrected chi connectivity index (χ0v) is 15.4. The smallest absolute Gasteiger partial charge is 0.292 e. The third-order valence-electron chi connectivity index (χ3n) is 4.59. The minimum atomic E-state index is -0.449. The van der Waals surface area contributed by atoms with Crippen LogP contribution in [0.15, 0.2) is 48.5 Å². The summed E-state index contributed by atoms with van der Waals surface area (Å²) in [4.78, 5) is 36.5. The number of nitrogens with zero attached hydrogens (tertiary/aromatic N) is 2. The van der Waals surface area contributed by atoms with Crippen LogP contribution >= 0.6 is 0 Å². The lowest BCUT2D eigenvalue weighted by Crippen LogP contribution is -2.35. The highest BCUT2D eigenvalue weighted by Gasteiger charge is 2.19. The summed E-state index contributed by atoms with van der Waals surface area (Å²) in [6.45, 7) is 1.38. The Hall–Kier alpha value is -3.42. The average Bonchev–Trinajstić information content (AvgIpc) is 2.72. The van der Waals surface area contributed by atoms with Crippen molar-refractivity contribution in [3.05, 3.63) is 64.2 Å². The van der Waals surface area contributed by atoms with E-state index < -0.39 is 4.92 Å². The summed E-state index contributed by atoms with van der Waals surface area (Å²) >= 11 is 0. The van der Waals surface area contributed by atoms with Gasteiger partial charge in [-0.2, -0.15) is 0 Å². The summed E-state index contributed by atoms with van der Waals surface area (Å²) in [5.41, 5.74) is 1.71. The molecule has 0 atom stereocenters. The van der Waals surface area contributed by atoms with Crippen molar-refractivity contribution in [1.82, 2.24) is 5.32 Å². The highest BCUT2D eigenvalue weighted by Crippen LogP contribution is 2.23. The third-order valence-corrected chi connectivity index (χ3v) is 4.59. The van der Waals surface area contributed by atoms with E-state index in [0.29, 0.717) is 37.3 Å². The van der Waals surface area contributed by atoms with Crippen molar-refractivity contribution >= 4 is 28.9 Å². The maximum atomic E-state index is 12.3. The van der Waals surface area contributed by atoms with Crippen LogP contribution in [0.3, 0.4) is 0 Å². The van der Waals surface area contributed by atoms with Crippen LogP contribution in [0.25, 0.3) is 0 Å². The van der Waals surface area contributed by atoms with E-state index in [4.69, 9.17) is 0 Å². The SMILES string of the molecule is O=C(NCCNc1ccccc1[N+](=O)[O-])c1ccc(N2CCCCC2=O)cc1. The fourth-order valence-electron chi connectivity index (χ4n) is 3.13. The van der Waals surface area contributed by atoms with Gasteiger partial charge >= 0.3 is 0 Å². The maximum absolute atomic E-state index is 12.3. The first-order chi connectivity index (χ1) is 13.6. The first-order valence-electron chi connectivity index (χ1n) is 9.22. The quantitative estimate of drug-likeness (QED) is 0.435. The first-order valence-corrected chi connectivity index (χ1v) is 9.22. The molecule has 146 valence electrons. The fourth-order valence-corrected chi connectivity index (χ4v) is 3.13. The molecular weight excluding hydrogens is 360 g/mol. The molecule has 1 saturated heterocycles. The Labute approximate surface area is 162 Å². The Balaban J connectivity index is 1.50. The number of amides is 2. The van der Waals surface area contributed by atoms with Crippen LogP contribution in [0.4, 0.5) is 17.1 Å². The molecule has 8 heteroatoms. The van der Waals surface area contributed by atoms with E-state index in [2.05, 4.69) is 10.6 Å². The number of para-hydroxylation sites is 2. The standard InChI is InChI=1S/C20H22N4O4/c25-19-7-3-4-14-23(19)16-10-8-15(9-11-16)20(26)22-13-12-21-17-5-1-2-6-18(17)24(27)28/h1-2,5-6,8-11,21H,3-4,7,12-14H2,(H,22,26). The number of nitrogens with one attached hydrogen (secondary N) is 2. The summed E-state index contributed by atoms with van der Waals surface area (Å²) in [6.07, 6.45) is 2.48. The number of anilines is 2. The van der Waals surface area contributed by atoms with E-state index in [1.807, 2.05) is 0 Å². The van der Waals surface area contributed by atoms with Gasteiger partial charge in [-0.3, -0.25) is 19.7 Å². The molecule has 0 radical (unpaired) electrons. The van der Waals surface area contributed by atoms with Crippen molar-refractivity contribution < 1.29 is 14.5 Å². The maximum Gasteiger partial charge on any atom is 0.292 e. The number of hydrogen-bond donors (Lipinski definition) is 2. The van der Waals surface area contributed by atoms with Gasteiger partial charge in [0.25, 0.3) is 11.6 Å². The Morgan fingerprint density at radius 2 is 1.82 bits per heavy atom. The van der Waals surface area contributed by atoms with Crippen molar-refractivity contribution in [2.75, 3.05) is 29.9 Å². The van der Waals surface area contributed by atoms with Gasteiger partial charge in [0.2, 0.25) is 5.91 Å². The largest absolute Gasteiger partial charge is 0.378 e. The minimum Gasteiger partial charge on any atom is -0.378 e. The molecule has 0 aromatic heterocycles. The lowest BCUT2D eigenvalue weighted by molar-refractivity contribution is -0.384. The van der Waals surface area contributed by atoms with Crippen LogP contribution in [0.5, 0.6) is 0 Å². The molecule has 1 aliphatic heterocycles. The summed E-state index contributed by atoms with van der Waals surface area (Å²) in [6, 6.07) is 13.3. The molecule has 2 aromatic carbocycles.